The Bertz CT molecular complexity index is 737. The van der Waals surface area contributed by atoms with E-state index in [0.29, 0.717) is 28.5 Å². The van der Waals surface area contributed by atoms with E-state index in [1.165, 1.54) is 70.6 Å². The average Bonchev–Trinajstić information content (AvgIpc) is 3.35. The van der Waals surface area contributed by atoms with E-state index in [4.69, 9.17) is 4.74 Å². The van der Waals surface area contributed by atoms with E-state index in [-0.39, 0.29) is 11.5 Å². The molecule has 3 nitrogen and oxygen atoms in total. The van der Waals surface area contributed by atoms with Crippen molar-refractivity contribution < 1.29 is 9.84 Å². The van der Waals surface area contributed by atoms with Crippen LogP contribution >= 0.6 is 0 Å². The van der Waals surface area contributed by atoms with E-state index in [0.717, 1.165) is 43.2 Å². The molecule has 0 amide bonds. The van der Waals surface area contributed by atoms with Crippen LogP contribution in [0, 0.1) is 45.3 Å². The molecule has 0 radical (unpaired) electrons. The van der Waals surface area contributed by atoms with Gasteiger partial charge in [0.05, 0.1) is 18.3 Å². The Hall–Kier alpha value is -0.120. The zero-order chi connectivity index (χ0) is 22.4. The Labute approximate surface area is 196 Å². The highest BCUT2D eigenvalue weighted by molar-refractivity contribution is 5.29. The van der Waals surface area contributed by atoms with Crippen molar-refractivity contribution in [1.82, 2.24) is 5.32 Å². The van der Waals surface area contributed by atoms with Gasteiger partial charge in [-0.3, -0.25) is 0 Å². The molecule has 0 aromatic rings. The van der Waals surface area contributed by atoms with Crippen molar-refractivity contribution in [3.63, 3.8) is 0 Å². The summed E-state index contributed by atoms with van der Waals surface area (Å²) in [6.07, 6.45) is 16.9. The van der Waals surface area contributed by atoms with Crippen LogP contribution in [0.3, 0.4) is 0 Å². The van der Waals surface area contributed by atoms with Crippen molar-refractivity contribution in [2.45, 2.75) is 123 Å². The number of unbranched alkanes of at least 4 members (excludes halogenated alkanes) is 1. The predicted molar refractivity (Wildman–Crippen MR) is 129 cm³/mol. The predicted octanol–water partition coefficient (Wildman–Crippen LogP) is 5.94. The number of aliphatic hydroxyl groups is 1. The van der Waals surface area contributed by atoms with Gasteiger partial charge in [-0.05, 0) is 123 Å². The molecule has 8 unspecified atom stereocenters. The molecule has 2 spiro atoms. The quantitative estimate of drug-likeness (QED) is 0.516. The molecule has 2 N–H and O–H groups in total. The largest absolute Gasteiger partial charge is 0.393 e. The first kappa shape index (κ1) is 22.4. The lowest BCUT2D eigenvalue weighted by Crippen LogP contribution is -2.54. The highest BCUT2D eigenvalue weighted by atomic mass is 16.5. The minimum absolute atomic E-state index is 0.0909. The van der Waals surface area contributed by atoms with Gasteiger partial charge in [0.1, 0.15) is 0 Å². The molecular weight excluding hydrogens is 394 g/mol. The van der Waals surface area contributed by atoms with E-state index in [2.05, 4.69) is 33.0 Å². The molecule has 1 aliphatic heterocycles. The van der Waals surface area contributed by atoms with Crippen LogP contribution in [-0.2, 0) is 4.74 Å². The highest BCUT2D eigenvalue weighted by Crippen LogP contribution is 2.87. The number of rotatable bonds is 5. The molecule has 0 aromatic carbocycles. The summed E-state index contributed by atoms with van der Waals surface area (Å²) in [6, 6.07) is 0. The number of ether oxygens (including phenoxy) is 1. The van der Waals surface area contributed by atoms with Gasteiger partial charge in [-0.2, -0.15) is 0 Å². The lowest BCUT2D eigenvalue weighted by Gasteiger charge is -2.59. The number of nitrogens with one attached hydrogen (secondary N) is 1. The summed E-state index contributed by atoms with van der Waals surface area (Å²) in [5.41, 5.74) is 1.81. The molecule has 3 heteroatoms. The molecule has 32 heavy (non-hydrogen) atoms. The van der Waals surface area contributed by atoms with Crippen LogP contribution in [0.15, 0.2) is 0 Å². The maximum Gasteiger partial charge on any atom is 0.0703 e. The van der Waals surface area contributed by atoms with Gasteiger partial charge in [0.25, 0.3) is 0 Å². The number of fused-ring (bicyclic) bond motifs is 4. The topological polar surface area (TPSA) is 41.5 Å². The lowest BCUT2D eigenvalue weighted by molar-refractivity contribution is -0.135. The normalized spacial score (nSPS) is 55.2. The molecule has 182 valence electrons. The molecule has 6 aliphatic rings. The van der Waals surface area contributed by atoms with Gasteiger partial charge >= 0.3 is 0 Å². The van der Waals surface area contributed by atoms with Gasteiger partial charge in [0.2, 0.25) is 0 Å². The monoisotopic (exact) mass is 443 g/mol. The fourth-order valence-electron chi connectivity index (χ4n) is 11.0. The zero-order valence-corrected chi connectivity index (χ0v) is 21.3. The molecule has 5 saturated carbocycles. The Morgan fingerprint density at radius 1 is 0.906 bits per heavy atom. The van der Waals surface area contributed by atoms with E-state index in [9.17, 15) is 5.11 Å². The third-order valence-corrected chi connectivity index (χ3v) is 12.7. The minimum atomic E-state index is -0.0909. The molecule has 0 bridgehead atoms. The Balaban J connectivity index is 1.19. The zero-order valence-electron chi connectivity index (χ0n) is 21.3. The Morgan fingerprint density at radius 3 is 2.53 bits per heavy atom. The van der Waals surface area contributed by atoms with Gasteiger partial charge in [-0.25, -0.2) is 0 Å². The molecule has 5 aliphatic carbocycles. The number of aliphatic hydroxyl groups excluding tert-OH is 1. The van der Waals surface area contributed by atoms with Gasteiger partial charge in [-0.1, -0.05) is 34.1 Å². The summed E-state index contributed by atoms with van der Waals surface area (Å²) in [5, 5.41) is 14.5. The standard InChI is InChI=1S/C29H49NO2/c1-5-6-15-30-17-19-7-8-21-23(32-19)16-22-20-9-10-24-26(2,3)25(31)11-12-29(24)18-28(20,29)14-13-27(21,22)4/h19-25,30-31H,5-18H2,1-4H3/t19?,20?,21?,22?,23?,24?,25-,27?,28-,29?/m0/s1. The second kappa shape index (κ2) is 7.44. The first-order valence-electron chi connectivity index (χ1n) is 14.3. The molecular formula is C29H49NO2. The van der Waals surface area contributed by atoms with Crippen molar-refractivity contribution in [2.75, 3.05) is 13.1 Å². The van der Waals surface area contributed by atoms with Crippen LogP contribution in [0.2, 0.25) is 0 Å². The fourth-order valence-corrected chi connectivity index (χ4v) is 11.0. The van der Waals surface area contributed by atoms with Crippen LogP contribution < -0.4 is 5.32 Å². The second-order valence-electron chi connectivity index (χ2n) is 14.0. The van der Waals surface area contributed by atoms with Crippen LogP contribution in [0.25, 0.3) is 0 Å². The van der Waals surface area contributed by atoms with E-state index < -0.39 is 0 Å². The third kappa shape index (κ3) is 2.83. The van der Waals surface area contributed by atoms with Crippen molar-refractivity contribution in [2.24, 2.45) is 45.3 Å². The Morgan fingerprint density at radius 2 is 1.72 bits per heavy atom. The van der Waals surface area contributed by atoms with Gasteiger partial charge in [0, 0.05) is 6.54 Å². The average molecular weight is 444 g/mol. The van der Waals surface area contributed by atoms with Gasteiger partial charge in [-0.15, -0.1) is 0 Å². The minimum Gasteiger partial charge on any atom is -0.393 e. The SMILES string of the molecule is CCCCNCC1CCC2C(CC3C4CCC5C(C)(C)[C@@H](O)CCC56C[C@@]46CCC23C)O1. The summed E-state index contributed by atoms with van der Waals surface area (Å²) >= 11 is 0. The molecule has 1 saturated heterocycles. The molecule has 10 atom stereocenters. The number of hydrogen-bond acceptors (Lipinski definition) is 3. The van der Waals surface area contributed by atoms with E-state index >= 15 is 0 Å². The molecule has 0 aromatic heterocycles. The highest BCUT2D eigenvalue weighted by Gasteiger charge is 2.80. The van der Waals surface area contributed by atoms with Crippen molar-refractivity contribution >= 4 is 0 Å². The first-order chi connectivity index (χ1) is 15.3. The van der Waals surface area contributed by atoms with Crippen LogP contribution in [0.1, 0.15) is 105 Å². The second-order valence-corrected chi connectivity index (χ2v) is 14.0. The van der Waals surface area contributed by atoms with Crippen molar-refractivity contribution in [3.05, 3.63) is 0 Å². The summed E-state index contributed by atoms with van der Waals surface area (Å²) in [5.74, 6) is 3.36. The van der Waals surface area contributed by atoms with E-state index in [1.807, 2.05) is 0 Å². The Kier molecular flexibility index (Phi) is 5.20. The summed E-state index contributed by atoms with van der Waals surface area (Å²) in [6.45, 7) is 11.9. The molecule has 6 fully saturated rings. The van der Waals surface area contributed by atoms with Crippen LogP contribution in [0.4, 0.5) is 0 Å². The third-order valence-electron chi connectivity index (χ3n) is 12.7. The summed E-state index contributed by atoms with van der Waals surface area (Å²) < 4.78 is 6.83. The maximum absolute atomic E-state index is 10.8. The molecule has 6 rings (SSSR count). The van der Waals surface area contributed by atoms with Gasteiger partial charge in [0.15, 0.2) is 0 Å². The maximum atomic E-state index is 10.8. The van der Waals surface area contributed by atoms with Gasteiger partial charge < -0.3 is 15.2 Å². The van der Waals surface area contributed by atoms with Crippen molar-refractivity contribution in [3.8, 4) is 0 Å². The lowest BCUT2D eigenvalue weighted by atomic mass is 9.46. The van der Waals surface area contributed by atoms with E-state index in [1.54, 1.807) is 0 Å². The summed E-state index contributed by atoms with van der Waals surface area (Å²) in [4.78, 5) is 0. The molecule has 1 heterocycles. The smallest absolute Gasteiger partial charge is 0.0703 e. The van der Waals surface area contributed by atoms with Crippen LogP contribution in [-0.4, -0.2) is 36.5 Å². The van der Waals surface area contributed by atoms with Crippen molar-refractivity contribution in [1.29, 1.82) is 0 Å². The first-order valence-corrected chi connectivity index (χ1v) is 14.3. The summed E-state index contributed by atoms with van der Waals surface area (Å²) in [7, 11) is 0. The fraction of sp³-hybridized carbons (Fsp3) is 1.00. The number of hydrogen-bond donors (Lipinski definition) is 2. The van der Waals surface area contributed by atoms with Crippen LogP contribution in [0.5, 0.6) is 0 Å².